The van der Waals surface area contributed by atoms with Crippen molar-refractivity contribution in [3.8, 4) is 0 Å². The minimum atomic E-state index is 0. The molecule has 1 aromatic carbocycles. The molecular formula is C25H44IN5O. The van der Waals surface area contributed by atoms with E-state index in [0.29, 0.717) is 5.92 Å². The molecule has 0 unspecified atom stereocenters. The number of halogens is 1. The van der Waals surface area contributed by atoms with Crippen LogP contribution in [0.3, 0.4) is 0 Å². The molecule has 182 valence electrons. The number of guanidine groups is 1. The molecule has 32 heavy (non-hydrogen) atoms. The summed E-state index contributed by atoms with van der Waals surface area (Å²) in [5.41, 5.74) is 2.70. The van der Waals surface area contributed by atoms with Gasteiger partial charge in [-0.1, -0.05) is 12.1 Å². The topological polar surface area (TPSA) is 43.3 Å². The highest BCUT2D eigenvalue weighted by molar-refractivity contribution is 14.0. The first-order chi connectivity index (χ1) is 15.2. The lowest BCUT2D eigenvalue weighted by molar-refractivity contribution is 0.121. The molecule has 0 amide bonds. The molecule has 6 nitrogen and oxygen atoms in total. The van der Waals surface area contributed by atoms with Crippen molar-refractivity contribution >= 4 is 35.6 Å². The number of piperidine rings is 2. The summed E-state index contributed by atoms with van der Waals surface area (Å²) >= 11 is 0. The lowest BCUT2D eigenvalue weighted by Gasteiger charge is -2.31. The number of benzene rings is 1. The number of anilines is 1. The SMILES string of the molecule is CCNC(=NCC1CCN(CCOC)CC1)N(C)Cc1ccc(N2CCCCC2)cc1.I. The van der Waals surface area contributed by atoms with E-state index in [1.165, 1.54) is 69.5 Å². The van der Waals surface area contributed by atoms with Crippen molar-refractivity contribution in [1.82, 2.24) is 15.1 Å². The Morgan fingerprint density at radius 1 is 1.09 bits per heavy atom. The van der Waals surface area contributed by atoms with Crippen LogP contribution in [-0.4, -0.2) is 82.3 Å². The number of hydrogen-bond acceptors (Lipinski definition) is 4. The Morgan fingerprint density at radius 2 is 1.78 bits per heavy atom. The van der Waals surface area contributed by atoms with Gasteiger partial charge in [0.2, 0.25) is 0 Å². The number of hydrogen-bond donors (Lipinski definition) is 1. The molecule has 2 aliphatic rings. The molecule has 0 aromatic heterocycles. The van der Waals surface area contributed by atoms with E-state index in [4.69, 9.17) is 9.73 Å². The predicted molar refractivity (Wildman–Crippen MR) is 146 cm³/mol. The monoisotopic (exact) mass is 557 g/mol. The van der Waals surface area contributed by atoms with Crippen molar-refractivity contribution < 1.29 is 4.74 Å². The number of likely N-dealkylation sites (tertiary alicyclic amines) is 1. The Bertz CT molecular complexity index is 655. The van der Waals surface area contributed by atoms with Crippen molar-refractivity contribution in [2.45, 2.75) is 45.6 Å². The number of nitrogens with one attached hydrogen (secondary N) is 1. The molecule has 3 rings (SSSR count). The van der Waals surface area contributed by atoms with Gasteiger partial charge < -0.3 is 24.8 Å². The van der Waals surface area contributed by atoms with Gasteiger partial charge in [-0.2, -0.15) is 0 Å². The zero-order valence-electron chi connectivity index (χ0n) is 20.4. The van der Waals surface area contributed by atoms with Gasteiger partial charge in [-0.3, -0.25) is 4.99 Å². The molecule has 2 fully saturated rings. The van der Waals surface area contributed by atoms with Crippen LogP contribution in [0.4, 0.5) is 5.69 Å². The Labute approximate surface area is 212 Å². The first-order valence-electron chi connectivity index (χ1n) is 12.2. The Balaban J connectivity index is 0.00000363. The van der Waals surface area contributed by atoms with Gasteiger partial charge in [-0.15, -0.1) is 24.0 Å². The molecule has 1 aromatic rings. The maximum Gasteiger partial charge on any atom is 0.193 e. The second kappa shape index (κ2) is 15.0. The Kier molecular flexibility index (Phi) is 12.7. The average Bonchev–Trinajstić information content (AvgIpc) is 2.82. The largest absolute Gasteiger partial charge is 0.383 e. The van der Waals surface area contributed by atoms with Gasteiger partial charge in [0.25, 0.3) is 0 Å². The number of nitrogens with zero attached hydrogens (tertiary/aromatic N) is 4. The summed E-state index contributed by atoms with van der Waals surface area (Å²) in [6.45, 7) is 11.4. The van der Waals surface area contributed by atoms with Gasteiger partial charge in [0.05, 0.1) is 6.61 Å². The molecule has 7 heteroatoms. The van der Waals surface area contributed by atoms with E-state index in [2.05, 4.69) is 58.3 Å². The van der Waals surface area contributed by atoms with Crippen molar-refractivity contribution in [1.29, 1.82) is 0 Å². The summed E-state index contributed by atoms with van der Waals surface area (Å²) in [5, 5.41) is 3.48. The second-order valence-electron chi connectivity index (χ2n) is 9.04. The van der Waals surface area contributed by atoms with E-state index in [0.717, 1.165) is 38.7 Å². The van der Waals surface area contributed by atoms with Crippen LogP contribution >= 0.6 is 24.0 Å². The van der Waals surface area contributed by atoms with Crippen molar-refractivity contribution in [3.63, 3.8) is 0 Å². The molecule has 2 saturated heterocycles. The molecule has 2 aliphatic heterocycles. The Morgan fingerprint density at radius 3 is 2.41 bits per heavy atom. The average molecular weight is 558 g/mol. The first-order valence-corrected chi connectivity index (χ1v) is 12.2. The fourth-order valence-corrected chi connectivity index (χ4v) is 4.61. The standard InChI is InChI=1S/C25H43N5O.HI/c1-4-26-25(27-20-22-12-16-29(17-13-22)18-19-31-3)28(2)21-23-8-10-24(11-9-23)30-14-6-5-7-15-30;/h8-11,22H,4-7,12-21H2,1-3H3,(H,26,27);1H. The third-order valence-electron chi connectivity index (χ3n) is 6.59. The maximum absolute atomic E-state index is 5.21. The summed E-state index contributed by atoms with van der Waals surface area (Å²) in [6.07, 6.45) is 6.47. The number of aliphatic imine (C=N–C) groups is 1. The molecule has 0 spiro atoms. The van der Waals surface area contributed by atoms with Crippen LogP contribution in [0.5, 0.6) is 0 Å². The van der Waals surface area contributed by atoms with E-state index in [-0.39, 0.29) is 24.0 Å². The summed E-state index contributed by atoms with van der Waals surface area (Å²) < 4.78 is 5.21. The van der Waals surface area contributed by atoms with Crippen LogP contribution in [-0.2, 0) is 11.3 Å². The highest BCUT2D eigenvalue weighted by atomic mass is 127. The van der Waals surface area contributed by atoms with E-state index in [1.807, 2.05) is 0 Å². The molecule has 2 heterocycles. The molecule has 0 radical (unpaired) electrons. The van der Waals surface area contributed by atoms with E-state index in [9.17, 15) is 0 Å². The van der Waals surface area contributed by atoms with Crippen LogP contribution < -0.4 is 10.2 Å². The van der Waals surface area contributed by atoms with Crippen LogP contribution in [0.2, 0.25) is 0 Å². The van der Waals surface area contributed by atoms with E-state index < -0.39 is 0 Å². The van der Waals surface area contributed by atoms with Crippen LogP contribution in [0, 0.1) is 5.92 Å². The first kappa shape index (κ1) is 27.2. The summed E-state index contributed by atoms with van der Waals surface area (Å²) in [6, 6.07) is 9.13. The minimum Gasteiger partial charge on any atom is -0.383 e. The number of ether oxygens (including phenoxy) is 1. The fraction of sp³-hybridized carbons (Fsp3) is 0.720. The van der Waals surface area contributed by atoms with Gasteiger partial charge >= 0.3 is 0 Å². The maximum atomic E-state index is 5.21. The molecule has 0 bridgehead atoms. The highest BCUT2D eigenvalue weighted by Gasteiger charge is 2.19. The molecular weight excluding hydrogens is 513 g/mol. The van der Waals surface area contributed by atoms with E-state index >= 15 is 0 Å². The number of rotatable bonds is 9. The van der Waals surface area contributed by atoms with Crippen molar-refractivity contribution in [2.24, 2.45) is 10.9 Å². The fourth-order valence-electron chi connectivity index (χ4n) is 4.61. The summed E-state index contributed by atoms with van der Waals surface area (Å²) in [7, 11) is 3.93. The van der Waals surface area contributed by atoms with Gasteiger partial charge in [0.1, 0.15) is 0 Å². The van der Waals surface area contributed by atoms with Crippen LogP contribution in [0.15, 0.2) is 29.3 Å². The second-order valence-corrected chi connectivity index (χ2v) is 9.04. The molecule has 0 atom stereocenters. The molecule has 0 saturated carbocycles. The lowest BCUT2D eigenvalue weighted by Crippen LogP contribution is -2.40. The van der Waals surface area contributed by atoms with E-state index in [1.54, 1.807) is 7.11 Å². The summed E-state index contributed by atoms with van der Waals surface area (Å²) in [5.74, 6) is 1.70. The third kappa shape index (κ3) is 8.71. The lowest BCUT2D eigenvalue weighted by atomic mass is 9.97. The van der Waals surface area contributed by atoms with Gasteiger partial charge in [0, 0.05) is 59.1 Å². The van der Waals surface area contributed by atoms with Gasteiger partial charge in [-0.25, -0.2) is 0 Å². The van der Waals surface area contributed by atoms with Crippen LogP contribution in [0.1, 0.15) is 44.6 Å². The quantitative estimate of drug-likeness (QED) is 0.282. The predicted octanol–water partition coefficient (Wildman–Crippen LogP) is 4.05. The number of methoxy groups -OCH3 is 1. The third-order valence-corrected chi connectivity index (χ3v) is 6.59. The highest BCUT2D eigenvalue weighted by Crippen LogP contribution is 2.21. The summed E-state index contributed by atoms with van der Waals surface area (Å²) in [4.78, 5) is 12.3. The van der Waals surface area contributed by atoms with Gasteiger partial charge in [0.15, 0.2) is 5.96 Å². The Hall–Kier alpha value is -1.06. The minimum absolute atomic E-state index is 0. The molecule has 0 aliphatic carbocycles. The zero-order chi connectivity index (χ0) is 21.9. The normalized spacial score (nSPS) is 18.3. The smallest absolute Gasteiger partial charge is 0.193 e. The van der Waals surface area contributed by atoms with Crippen molar-refractivity contribution in [2.75, 3.05) is 71.5 Å². The molecule has 1 N–H and O–H groups in total. The van der Waals surface area contributed by atoms with Gasteiger partial charge in [-0.05, 0) is 75.7 Å². The van der Waals surface area contributed by atoms with Crippen molar-refractivity contribution in [3.05, 3.63) is 29.8 Å². The van der Waals surface area contributed by atoms with Crippen LogP contribution in [0.25, 0.3) is 0 Å². The zero-order valence-corrected chi connectivity index (χ0v) is 22.7.